The number of carbonyl (C=O) groups excluding carboxylic acids is 3. The van der Waals surface area contributed by atoms with E-state index in [1.54, 1.807) is 0 Å². The molecule has 2 N–H and O–H groups in total. The average molecular weight is 488 g/mol. The molecule has 2 aliphatic heterocycles. The predicted octanol–water partition coefficient (Wildman–Crippen LogP) is 3.98. The summed E-state index contributed by atoms with van der Waals surface area (Å²) < 4.78 is 20.4. The topological polar surface area (TPSA) is 87.7 Å². The van der Waals surface area contributed by atoms with Gasteiger partial charge in [-0.1, -0.05) is 19.9 Å². The highest BCUT2D eigenvalue weighted by molar-refractivity contribution is 6.01. The monoisotopic (exact) mass is 487 g/mol. The molecule has 0 spiro atoms. The van der Waals surface area contributed by atoms with Crippen LogP contribution in [0.5, 0.6) is 0 Å². The largest absolute Gasteiger partial charge is 0.465 e. The molecule has 0 bridgehead atoms. The van der Waals surface area contributed by atoms with Gasteiger partial charge in [0.1, 0.15) is 11.9 Å². The molecule has 1 aromatic rings. The third-order valence-electron chi connectivity index (χ3n) is 7.66. The third kappa shape index (κ3) is 6.60. The lowest BCUT2D eigenvalue weighted by Gasteiger charge is -2.40. The van der Waals surface area contributed by atoms with Gasteiger partial charge in [0.15, 0.2) is 0 Å². The van der Waals surface area contributed by atoms with Gasteiger partial charge in [0.05, 0.1) is 12.5 Å². The molecule has 7 nitrogen and oxygen atoms in total. The fourth-order valence-corrected chi connectivity index (χ4v) is 5.60. The van der Waals surface area contributed by atoms with Crippen molar-refractivity contribution in [2.24, 2.45) is 11.8 Å². The Kier molecular flexibility index (Phi) is 8.42. The molecule has 2 heterocycles. The number of esters is 1. The van der Waals surface area contributed by atoms with Gasteiger partial charge >= 0.3 is 5.97 Å². The molecule has 0 radical (unpaired) electrons. The SMILES string of the molecule is CC(C)COC(=O)C1CCC(N2CCC(c3ccc(NC4CCC(=O)NC4=O)cc3F)CC2)CC1. The maximum atomic E-state index is 15.0. The highest BCUT2D eigenvalue weighted by atomic mass is 19.1. The number of carbonyl (C=O) groups is 3. The number of nitrogens with one attached hydrogen (secondary N) is 2. The van der Waals surface area contributed by atoms with Gasteiger partial charge in [-0.05, 0) is 87.6 Å². The molecular formula is C27H38FN3O4. The lowest BCUT2D eigenvalue weighted by atomic mass is 9.83. The molecule has 8 heteroatoms. The number of benzene rings is 1. The predicted molar refractivity (Wildman–Crippen MR) is 131 cm³/mol. The molecule has 3 fully saturated rings. The van der Waals surface area contributed by atoms with E-state index in [1.807, 2.05) is 26.0 Å². The summed E-state index contributed by atoms with van der Waals surface area (Å²) in [5, 5.41) is 5.37. The first-order valence-electron chi connectivity index (χ1n) is 13.1. The number of nitrogens with zero attached hydrogens (tertiary/aromatic N) is 1. The Labute approximate surface area is 207 Å². The summed E-state index contributed by atoms with van der Waals surface area (Å²) >= 11 is 0. The number of hydrogen-bond acceptors (Lipinski definition) is 6. The standard InChI is InChI=1S/C27H38FN3O4/c1-17(2)16-35-27(34)19-3-6-21(7-4-19)31-13-11-18(12-14-31)22-8-5-20(15-23(22)28)29-24-9-10-25(32)30-26(24)33/h5,8,15,17-19,21,24,29H,3-4,6-7,9-14,16H2,1-2H3,(H,30,32,33). The summed E-state index contributed by atoms with van der Waals surface area (Å²) in [5.41, 5.74) is 1.29. The quantitative estimate of drug-likeness (QED) is 0.447. The van der Waals surface area contributed by atoms with Crippen molar-refractivity contribution in [1.29, 1.82) is 0 Å². The Bertz CT molecular complexity index is 921. The minimum atomic E-state index is -0.520. The molecule has 192 valence electrons. The van der Waals surface area contributed by atoms with Gasteiger partial charge in [0.25, 0.3) is 0 Å². The summed E-state index contributed by atoms with van der Waals surface area (Å²) in [5.74, 6) is -0.345. The van der Waals surface area contributed by atoms with Crippen LogP contribution in [-0.4, -0.2) is 54.5 Å². The zero-order valence-corrected chi connectivity index (χ0v) is 20.9. The van der Waals surface area contributed by atoms with Crippen molar-refractivity contribution in [3.8, 4) is 0 Å². The van der Waals surface area contributed by atoms with Crippen LogP contribution in [0.3, 0.4) is 0 Å². The van der Waals surface area contributed by atoms with E-state index in [0.717, 1.165) is 57.2 Å². The molecular weight excluding hydrogens is 449 g/mol. The fraction of sp³-hybridized carbons (Fsp3) is 0.667. The first-order chi connectivity index (χ1) is 16.8. The zero-order valence-electron chi connectivity index (χ0n) is 20.9. The van der Waals surface area contributed by atoms with Crippen LogP contribution in [0.25, 0.3) is 0 Å². The Morgan fingerprint density at radius 1 is 1.11 bits per heavy atom. The minimum absolute atomic E-state index is 0.0314. The van der Waals surface area contributed by atoms with Crippen molar-refractivity contribution < 1.29 is 23.5 Å². The van der Waals surface area contributed by atoms with E-state index in [2.05, 4.69) is 15.5 Å². The van der Waals surface area contributed by atoms with E-state index in [-0.39, 0.29) is 41.9 Å². The minimum Gasteiger partial charge on any atom is -0.465 e. The Hall–Kier alpha value is -2.48. The van der Waals surface area contributed by atoms with Crippen molar-refractivity contribution in [3.63, 3.8) is 0 Å². The smallest absolute Gasteiger partial charge is 0.308 e. The van der Waals surface area contributed by atoms with Gasteiger partial charge < -0.3 is 15.0 Å². The second-order valence-electron chi connectivity index (χ2n) is 10.7. The maximum Gasteiger partial charge on any atom is 0.308 e. The molecule has 1 unspecified atom stereocenters. The summed E-state index contributed by atoms with van der Waals surface area (Å²) in [6.07, 6.45) is 6.32. The van der Waals surface area contributed by atoms with Crippen LogP contribution < -0.4 is 10.6 Å². The summed E-state index contributed by atoms with van der Waals surface area (Å²) in [6, 6.07) is 5.10. The molecule has 35 heavy (non-hydrogen) atoms. The lowest BCUT2D eigenvalue weighted by molar-refractivity contribution is -0.151. The molecule has 1 atom stereocenters. The summed E-state index contributed by atoms with van der Waals surface area (Å²) in [4.78, 5) is 38.1. The Balaban J connectivity index is 1.24. The van der Waals surface area contributed by atoms with Crippen LogP contribution in [0.15, 0.2) is 18.2 Å². The molecule has 2 saturated heterocycles. The molecule has 1 aromatic carbocycles. The number of rotatable bonds is 7. The molecule has 1 saturated carbocycles. The third-order valence-corrected chi connectivity index (χ3v) is 7.66. The first-order valence-corrected chi connectivity index (χ1v) is 13.1. The number of piperidine rings is 2. The Morgan fingerprint density at radius 2 is 1.83 bits per heavy atom. The van der Waals surface area contributed by atoms with Crippen LogP contribution in [0, 0.1) is 17.7 Å². The lowest BCUT2D eigenvalue weighted by Crippen LogP contribution is -2.47. The number of imide groups is 1. The average Bonchev–Trinajstić information content (AvgIpc) is 2.85. The number of amides is 2. The van der Waals surface area contributed by atoms with E-state index in [0.29, 0.717) is 30.7 Å². The van der Waals surface area contributed by atoms with Crippen molar-refractivity contribution in [3.05, 3.63) is 29.6 Å². The number of hydrogen-bond donors (Lipinski definition) is 2. The van der Waals surface area contributed by atoms with Gasteiger partial charge in [-0.25, -0.2) is 4.39 Å². The van der Waals surface area contributed by atoms with E-state index in [9.17, 15) is 18.8 Å². The van der Waals surface area contributed by atoms with Crippen LogP contribution in [0.1, 0.15) is 76.7 Å². The maximum absolute atomic E-state index is 15.0. The van der Waals surface area contributed by atoms with E-state index >= 15 is 0 Å². The van der Waals surface area contributed by atoms with E-state index in [1.165, 1.54) is 6.07 Å². The van der Waals surface area contributed by atoms with E-state index < -0.39 is 6.04 Å². The molecule has 4 rings (SSSR count). The van der Waals surface area contributed by atoms with Crippen LogP contribution >= 0.6 is 0 Å². The van der Waals surface area contributed by atoms with Crippen molar-refractivity contribution in [2.45, 2.75) is 83.2 Å². The van der Waals surface area contributed by atoms with Crippen LogP contribution in [-0.2, 0) is 19.1 Å². The molecule has 2 amide bonds. The zero-order chi connectivity index (χ0) is 24.9. The Morgan fingerprint density at radius 3 is 2.46 bits per heavy atom. The van der Waals surface area contributed by atoms with Gasteiger partial charge in [-0.15, -0.1) is 0 Å². The van der Waals surface area contributed by atoms with Crippen molar-refractivity contribution in [1.82, 2.24) is 10.2 Å². The van der Waals surface area contributed by atoms with Crippen molar-refractivity contribution >= 4 is 23.5 Å². The second-order valence-corrected chi connectivity index (χ2v) is 10.7. The second kappa shape index (κ2) is 11.5. The number of ether oxygens (including phenoxy) is 1. The molecule has 3 aliphatic rings. The highest BCUT2D eigenvalue weighted by Gasteiger charge is 2.33. The van der Waals surface area contributed by atoms with Gasteiger partial charge in [0, 0.05) is 18.2 Å². The highest BCUT2D eigenvalue weighted by Crippen LogP contribution is 2.35. The summed E-state index contributed by atoms with van der Waals surface area (Å²) in [6.45, 7) is 6.47. The van der Waals surface area contributed by atoms with Gasteiger partial charge in [0.2, 0.25) is 11.8 Å². The van der Waals surface area contributed by atoms with Gasteiger partial charge in [-0.3, -0.25) is 19.7 Å². The fourth-order valence-electron chi connectivity index (χ4n) is 5.60. The van der Waals surface area contributed by atoms with Crippen LogP contribution in [0.4, 0.5) is 10.1 Å². The molecule has 0 aromatic heterocycles. The molecule has 1 aliphatic carbocycles. The van der Waals surface area contributed by atoms with Crippen LogP contribution in [0.2, 0.25) is 0 Å². The summed E-state index contributed by atoms with van der Waals surface area (Å²) in [7, 11) is 0. The van der Waals surface area contributed by atoms with E-state index in [4.69, 9.17) is 4.74 Å². The first kappa shape index (κ1) is 25.6. The van der Waals surface area contributed by atoms with Crippen molar-refractivity contribution in [2.75, 3.05) is 25.0 Å². The number of anilines is 1. The van der Waals surface area contributed by atoms with Gasteiger partial charge in [-0.2, -0.15) is 0 Å². The normalized spacial score (nSPS) is 26.5. The number of likely N-dealkylation sites (tertiary alicyclic amines) is 1. The number of halogens is 1.